The fraction of sp³-hybridized carbons (Fsp3) is 0.667. The van der Waals surface area contributed by atoms with E-state index in [1.807, 2.05) is 11.3 Å². The molecule has 2 aromatic rings. The first-order valence-corrected chi connectivity index (χ1v) is 15.0. The summed E-state index contributed by atoms with van der Waals surface area (Å²) in [6.45, 7) is 7.34. The van der Waals surface area contributed by atoms with Gasteiger partial charge >= 0.3 is 0 Å². The van der Waals surface area contributed by atoms with Crippen LogP contribution in [-0.4, -0.2) is 41.5 Å². The van der Waals surface area contributed by atoms with E-state index in [1.165, 1.54) is 65.2 Å². The van der Waals surface area contributed by atoms with E-state index in [4.69, 9.17) is 4.98 Å². The van der Waals surface area contributed by atoms with Crippen molar-refractivity contribution < 1.29 is 10.1 Å². The number of amides is 1. The number of nitrogens with two attached hydrogens (primary N) is 1. The molecule has 35 heavy (non-hydrogen) atoms. The molecule has 0 bridgehead atoms. The molecule has 1 spiro atoms. The van der Waals surface area contributed by atoms with Crippen molar-refractivity contribution in [2.24, 2.45) is 11.8 Å². The number of fused-ring (bicyclic) bond motifs is 2. The lowest BCUT2D eigenvalue weighted by Crippen LogP contribution is -2.82. The van der Waals surface area contributed by atoms with Gasteiger partial charge < -0.3 is 10.2 Å². The number of likely N-dealkylation sites (tertiary alicyclic amines) is 1. The first-order valence-electron chi connectivity index (χ1n) is 14.2. The van der Waals surface area contributed by atoms with Crippen LogP contribution in [0.5, 0.6) is 0 Å². The molecular weight excluding hydrogens is 450 g/mol. The summed E-state index contributed by atoms with van der Waals surface area (Å²) in [7, 11) is 0. The summed E-state index contributed by atoms with van der Waals surface area (Å²) in [4.78, 5) is 23.3. The first-order chi connectivity index (χ1) is 17.1. The number of aromatic nitrogens is 1. The molecule has 3 fully saturated rings. The molecule has 4 nitrogen and oxygen atoms in total. The molecule has 4 atom stereocenters. The smallest absolute Gasteiger partial charge is 0.232 e. The predicted molar refractivity (Wildman–Crippen MR) is 142 cm³/mol. The standard InChI is InChI=1S/C30H41N3OS/c1-20-9-6-7-12-24(20)23-14-16-33(27(17-23)22-10-4-3-5-11-22)29(34)25-18-31-19-30(25)15-8-13-26-28(30)35-21(2)32-26/h6-7,9,12,22-23,25,27,31H,3-5,8,10-11,13-19H2,1-2H3/p+1/t23-,25+,27+,30-/m1/s1. The maximum atomic E-state index is 14.5. The van der Waals surface area contributed by atoms with Crippen molar-refractivity contribution >= 4 is 17.2 Å². The van der Waals surface area contributed by atoms with Crippen molar-refractivity contribution in [2.45, 2.75) is 95.4 Å². The number of carbonyl (C=O) groups excluding carboxylic acids is 1. The second kappa shape index (κ2) is 9.63. The van der Waals surface area contributed by atoms with Crippen molar-refractivity contribution in [2.75, 3.05) is 19.6 Å². The van der Waals surface area contributed by atoms with Crippen LogP contribution in [0.2, 0.25) is 0 Å². The quantitative estimate of drug-likeness (QED) is 0.664. The van der Waals surface area contributed by atoms with Crippen LogP contribution in [0.4, 0.5) is 0 Å². The average Bonchev–Trinajstić information content (AvgIpc) is 3.48. The third kappa shape index (κ3) is 4.17. The molecule has 188 valence electrons. The molecule has 2 N–H and O–H groups in total. The molecule has 0 radical (unpaired) electrons. The molecule has 6 rings (SSSR count). The van der Waals surface area contributed by atoms with Crippen LogP contribution in [0.15, 0.2) is 24.3 Å². The maximum Gasteiger partial charge on any atom is 0.232 e. The molecule has 1 amide bonds. The average molecular weight is 493 g/mol. The Hall–Kier alpha value is -1.72. The third-order valence-electron chi connectivity index (χ3n) is 9.92. The minimum atomic E-state index is 0.0145. The summed E-state index contributed by atoms with van der Waals surface area (Å²) in [5.74, 6) is 1.84. The van der Waals surface area contributed by atoms with Crippen molar-refractivity contribution in [3.05, 3.63) is 51.0 Å². The summed E-state index contributed by atoms with van der Waals surface area (Å²) in [5.41, 5.74) is 4.25. The highest BCUT2D eigenvalue weighted by Crippen LogP contribution is 2.48. The Balaban J connectivity index is 1.30. The third-order valence-corrected chi connectivity index (χ3v) is 11.2. The second-order valence-electron chi connectivity index (χ2n) is 11.9. The number of aryl methyl sites for hydroxylation is 3. The SMILES string of the molecule is Cc1nc2c(s1)[C@]1(CCC2)C[NH2+]C[C@H]1C(=O)N1CC[C@@H](c2ccccc2C)C[C@H]1C1CCCCC1. The molecule has 1 aromatic carbocycles. The van der Waals surface area contributed by atoms with Gasteiger partial charge in [0.15, 0.2) is 0 Å². The summed E-state index contributed by atoms with van der Waals surface area (Å²) in [6, 6.07) is 9.37. The Kier molecular flexibility index (Phi) is 6.51. The summed E-state index contributed by atoms with van der Waals surface area (Å²) >= 11 is 1.88. The van der Waals surface area contributed by atoms with Gasteiger partial charge in [-0.25, -0.2) is 4.98 Å². The lowest BCUT2D eigenvalue weighted by atomic mass is 9.68. The van der Waals surface area contributed by atoms with Crippen LogP contribution in [0, 0.1) is 25.7 Å². The predicted octanol–water partition coefficient (Wildman–Crippen LogP) is 4.88. The van der Waals surface area contributed by atoms with Gasteiger partial charge in [-0.3, -0.25) is 4.79 Å². The number of benzene rings is 1. The van der Waals surface area contributed by atoms with Gasteiger partial charge in [0.25, 0.3) is 0 Å². The highest BCUT2D eigenvalue weighted by atomic mass is 32.1. The molecule has 2 aliphatic heterocycles. The van der Waals surface area contributed by atoms with Crippen LogP contribution < -0.4 is 5.32 Å². The Morgan fingerprint density at radius 2 is 1.94 bits per heavy atom. The van der Waals surface area contributed by atoms with Crippen LogP contribution in [0.1, 0.15) is 90.4 Å². The van der Waals surface area contributed by atoms with E-state index in [2.05, 4.69) is 48.3 Å². The molecule has 2 aliphatic carbocycles. The van der Waals surface area contributed by atoms with E-state index >= 15 is 0 Å². The molecule has 0 unspecified atom stereocenters. The Bertz CT molecular complexity index is 1070. The van der Waals surface area contributed by atoms with Crippen molar-refractivity contribution in [3.8, 4) is 0 Å². The van der Waals surface area contributed by atoms with E-state index in [1.54, 1.807) is 0 Å². The Morgan fingerprint density at radius 1 is 1.11 bits per heavy atom. The molecule has 4 aliphatic rings. The monoisotopic (exact) mass is 492 g/mol. The largest absolute Gasteiger partial charge is 0.345 e. The number of thiazole rings is 1. The van der Waals surface area contributed by atoms with Gasteiger partial charge in [-0.1, -0.05) is 43.5 Å². The van der Waals surface area contributed by atoms with Crippen LogP contribution in [0.3, 0.4) is 0 Å². The van der Waals surface area contributed by atoms with Gasteiger partial charge in [-0.2, -0.15) is 0 Å². The molecule has 1 saturated carbocycles. The van der Waals surface area contributed by atoms with Crippen molar-refractivity contribution in [3.63, 3.8) is 0 Å². The minimum absolute atomic E-state index is 0.0145. The zero-order chi connectivity index (χ0) is 24.0. The number of nitrogens with zero attached hydrogens (tertiary/aromatic N) is 2. The van der Waals surface area contributed by atoms with E-state index in [9.17, 15) is 4.79 Å². The lowest BCUT2D eigenvalue weighted by Gasteiger charge is -2.47. The number of hydrogen-bond acceptors (Lipinski definition) is 3. The lowest BCUT2D eigenvalue weighted by molar-refractivity contribution is -0.640. The molecule has 3 heterocycles. The summed E-state index contributed by atoms with van der Waals surface area (Å²) in [5, 5.41) is 3.61. The summed E-state index contributed by atoms with van der Waals surface area (Å²) in [6.07, 6.45) is 12.3. The van der Waals surface area contributed by atoms with Crippen LogP contribution in [-0.2, 0) is 16.6 Å². The number of hydrogen-bond donors (Lipinski definition) is 1. The first kappa shape index (κ1) is 23.7. The minimum Gasteiger partial charge on any atom is -0.345 e. The van der Waals surface area contributed by atoms with E-state index in [0.29, 0.717) is 23.8 Å². The van der Waals surface area contributed by atoms with E-state index in [0.717, 1.165) is 45.3 Å². The van der Waals surface area contributed by atoms with Crippen LogP contribution in [0.25, 0.3) is 0 Å². The van der Waals surface area contributed by atoms with Crippen molar-refractivity contribution in [1.29, 1.82) is 0 Å². The molecule has 5 heteroatoms. The number of piperidine rings is 1. The molecule has 1 aromatic heterocycles. The Morgan fingerprint density at radius 3 is 2.77 bits per heavy atom. The number of rotatable bonds is 3. The van der Waals surface area contributed by atoms with Gasteiger partial charge in [0, 0.05) is 17.5 Å². The topological polar surface area (TPSA) is 49.8 Å². The van der Waals surface area contributed by atoms with Gasteiger partial charge in [0.1, 0.15) is 5.92 Å². The van der Waals surface area contributed by atoms with Gasteiger partial charge in [0.05, 0.1) is 29.2 Å². The fourth-order valence-electron chi connectivity index (χ4n) is 8.22. The van der Waals surface area contributed by atoms with Crippen LogP contribution >= 0.6 is 11.3 Å². The van der Waals surface area contributed by atoms with Crippen molar-refractivity contribution in [1.82, 2.24) is 9.88 Å². The highest BCUT2D eigenvalue weighted by Gasteiger charge is 2.56. The van der Waals surface area contributed by atoms with Gasteiger partial charge in [0.2, 0.25) is 5.91 Å². The normalized spacial score (nSPS) is 31.6. The zero-order valence-corrected chi connectivity index (χ0v) is 22.4. The zero-order valence-electron chi connectivity index (χ0n) is 21.6. The van der Waals surface area contributed by atoms with Gasteiger partial charge in [-0.15, -0.1) is 11.3 Å². The molecular formula is C30H42N3OS+. The summed E-state index contributed by atoms with van der Waals surface area (Å²) < 4.78 is 0. The fourth-order valence-corrected chi connectivity index (χ4v) is 9.47. The maximum absolute atomic E-state index is 14.5. The Labute approximate surface area is 214 Å². The van der Waals surface area contributed by atoms with E-state index in [-0.39, 0.29) is 11.3 Å². The number of quaternary nitrogens is 1. The van der Waals surface area contributed by atoms with Gasteiger partial charge in [-0.05, 0) is 81.8 Å². The second-order valence-corrected chi connectivity index (χ2v) is 13.1. The molecule has 2 saturated heterocycles. The number of carbonyl (C=O) groups is 1. The van der Waals surface area contributed by atoms with E-state index < -0.39 is 0 Å². The highest BCUT2D eigenvalue weighted by molar-refractivity contribution is 7.11.